The molecule has 7 heteroatoms. The molecule has 2 aromatic rings. The lowest BCUT2D eigenvalue weighted by atomic mass is 10.2. The Morgan fingerprint density at radius 3 is 2.43 bits per heavy atom. The van der Waals surface area contributed by atoms with Gasteiger partial charge in [-0.05, 0) is 30.3 Å². The molecular formula is C14H11F2NO3S. The van der Waals surface area contributed by atoms with Crippen LogP contribution < -0.4 is 5.32 Å². The van der Waals surface area contributed by atoms with E-state index in [0.29, 0.717) is 0 Å². The van der Waals surface area contributed by atoms with Crippen molar-refractivity contribution in [3.05, 3.63) is 59.7 Å². The number of amides is 1. The summed E-state index contributed by atoms with van der Waals surface area (Å²) in [6, 6.07) is 8.74. The Bertz CT molecular complexity index is 804. The highest BCUT2D eigenvalue weighted by atomic mass is 32.2. The first-order chi connectivity index (χ1) is 9.79. The molecule has 0 saturated heterocycles. The second kappa shape index (κ2) is 5.61. The average Bonchev–Trinajstić information content (AvgIpc) is 2.41. The first kappa shape index (κ1) is 15.1. The molecule has 0 spiro atoms. The van der Waals surface area contributed by atoms with Gasteiger partial charge in [0, 0.05) is 11.9 Å². The highest BCUT2D eigenvalue weighted by Crippen LogP contribution is 2.18. The van der Waals surface area contributed by atoms with Crippen LogP contribution in [0.25, 0.3) is 0 Å². The SMILES string of the molecule is CS(=O)(=O)c1cccc(NC(=O)c2cccc(F)c2F)c1. The number of hydrogen-bond acceptors (Lipinski definition) is 3. The normalized spacial score (nSPS) is 11.2. The summed E-state index contributed by atoms with van der Waals surface area (Å²) in [5.74, 6) is -3.25. The maximum Gasteiger partial charge on any atom is 0.258 e. The van der Waals surface area contributed by atoms with Gasteiger partial charge >= 0.3 is 0 Å². The standard InChI is InChI=1S/C14H11F2NO3S/c1-21(19,20)10-5-2-4-9(8-10)17-14(18)11-6-3-7-12(15)13(11)16/h2-8H,1H3,(H,17,18). The van der Waals surface area contributed by atoms with Crippen molar-refractivity contribution in [3.8, 4) is 0 Å². The molecule has 0 bridgehead atoms. The highest BCUT2D eigenvalue weighted by Gasteiger charge is 2.16. The van der Waals surface area contributed by atoms with E-state index in [1.807, 2.05) is 0 Å². The van der Waals surface area contributed by atoms with E-state index < -0.39 is 32.9 Å². The lowest BCUT2D eigenvalue weighted by Gasteiger charge is -2.07. The zero-order chi connectivity index (χ0) is 15.6. The van der Waals surface area contributed by atoms with Gasteiger partial charge in [0.1, 0.15) is 0 Å². The van der Waals surface area contributed by atoms with Crippen LogP contribution in [0.2, 0.25) is 0 Å². The van der Waals surface area contributed by atoms with Crippen LogP contribution in [0.5, 0.6) is 0 Å². The van der Waals surface area contributed by atoms with E-state index in [9.17, 15) is 22.0 Å². The van der Waals surface area contributed by atoms with Crippen molar-refractivity contribution in [2.75, 3.05) is 11.6 Å². The fourth-order valence-corrected chi connectivity index (χ4v) is 2.35. The molecule has 0 fully saturated rings. The van der Waals surface area contributed by atoms with Crippen LogP contribution in [0.15, 0.2) is 47.4 Å². The second-order valence-electron chi connectivity index (χ2n) is 4.36. The van der Waals surface area contributed by atoms with E-state index in [1.54, 1.807) is 0 Å². The summed E-state index contributed by atoms with van der Waals surface area (Å²) in [7, 11) is -3.43. The van der Waals surface area contributed by atoms with Crippen LogP contribution in [0, 0.1) is 11.6 Å². The quantitative estimate of drug-likeness (QED) is 0.948. The van der Waals surface area contributed by atoms with Crippen molar-refractivity contribution in [3.63, 3.8) is 0 Å². The molecule has 1 amide bonds. The minimum Gasteiger partial charge on any atom is -0.322 e. The summed E-state index contributed by atoms with van der Waals surface area (Å²) < 4.78 is 49.4. The molecule has 2 aromatic carbocycles. The smallest absolute Gasteiger partial charge is 0.258 e. The highest BCUT2D eigenvalue weighted by molar-refractivity contribution is 7.90. The van der Waals surface area contributed by atoms with Crippen molar-refractivity contribution in [2.24, 2.45) is 0 Å². The van der Waals surface area contributed by atoms with E-state index in [-0.39, 0.29) is 10.6 Å². The van der Waals surface area contributed by atoms with E-state index >= 15 is 0 Å². The molecule has 0 heterocycles. The molecule has 110 valence electrons. The monoisotopic (exact) mass is 311 g/mol. The van der Waals surface area contributed by atoms with Crippen LogP contribution in [-0.2, 0) is 9.84 Å². The Morgan fingerprint density at radius 2 is 1.76 bits per heavy atom. The molecule has 0 atom stereocenters. The molecule has 21 heavy (non-hydrogen) atoms. The van der Waals surface area contributed by atoms with Gasteiger partial charge in [0.2, 0.25) is 0 Å². The number of halogens is 2. The van der Waals surface area contributed by atoms with Gasteiger partial charge in [0.25, 0.3) is 5.91 Å². The summed E-state index contributed by atoms with van der Waals surface area (Å²) in [6.45, 7) is 0. The Kier molecular flexibility index (Phi) is 4.04. The van der Waals surface area contributed by atoms with Crippen LogP contribution in [-0.4, -0.2) is 20.6 Å². The molecule has 0 radical (unpaired) electrons. The summed E-state index contributed by atoms with van der Waals surface area (Å²) in [5, 5.41) is 2.33. The molecule has 0 aliphatic carbocycles. The Labute approximate surface area is 120 Å². The lowest BCUT2D eigenvalue weighted by Crippen LogP contribution is -2.14. The van der Waals surface area contributed by atoms with E-state index in [1.165, 1.54) is 30.3 Å². The lowest BCUT2D eigenvalue weighted by molar-refractivity contribution is 0.102. The van der Waals surface area contributed by atoms with Crippen molar-refractivity contribution >= 4 is 21.4 Å². The summed E-state index contributed by atoms with van der Waals surface area (Å²) >= 11 is 0. The number of hydrogen-bond donors (Lipinski definition) is 1. The van der Waals surface area contributed by atoms with Crippen molar-refractivity contribution in [1.82, 2.24) is 0 Å². The summed E-state index contributed by atoms with van der Waals surface area (Å²) in [5.41, 5.74) is -0.286. The molecule has 0 aliphatic rings. The average molecular weight is 311 g/mol. The Hall–Kier alpha value is -2.28. The number of nitrogens with one attached hydrogen (secondary N) is 1. The zero-order valence-electron chi connectivity index (χ0n) is 10.9. The number of rotatable bonds is 3. The van der Waals surface area contributed by atoms with Gasteiger partial charge in [-0.15, -0.1) is 0 Å². The molecule has 0 aromatic heterocycles. The molecule has 1 N–H and O–H groups in total. The van der Waals surface area contributed by atoms with Crippen molar-refractivity contribution in [1.29, 1.82) is 0 Å². The molecular weight excluding hydrogens is 300 g/mol. The molecule has 4 nitrogen and oxygen atoms in total. The van der Waals surface area contributed by atoms with Crippen LogP contribution in [0.3, 0.4) is 0 Å². The van der Waals surface area contributed by atoms with Gasteiger partial charge < -0.3 is 5.32 Å². The first-order valence-corrected chi connectivity index (χ1v) is 7.73. The fourth-order valence-electron chi connectivity index (χ4n) is 1.68. The largest absolute Gasteiger partial charge is 0.322 e. The number of carbonyl (C=O) groups is 1. The number of sulfone groups is 1. The number of benzene rings is 2. The van der Waals surface area contributed by atoms with E-state index in [2.05, 4.69) is 5.32 Å². The van der Waals surface area contributed by atoms with Crippen LogP contribution in [0.4, 0.5) is 14.5 Å². The summed E-state index contributed by atoms with van der Waals surface area (Å²) in [6.07, 6.45) is 1.03. The van der Waals surface area contributed by atoms with Gasteiger partial charge in [-0.1, -0.05) is 12.1 Å². The van der Waals surface area contributed by atoms with Gasteiger partial charge in [0.15, 0.2) is 21.5 Å². The molecule has 0 saturated carbocycles. The molecule has 0 unspecified atom stereocenters. The zero-order valence-corrected chi connectivity index (χ0v) is 11.7. The fraction of sp³-hybridized carbons (Fsp3) is 0.0714. The third-order valence-corrected chi connectivity index (χ3v) is 3.83. The number of anilines is 1. The minimum atomic E-state index is -3.43. The second-order valence-corrected chi connectivity index (χ2v) is 6.37. The number of carbonyl (C=O) groups excluding carboxylic acids is 1. The van der Waals surface area contributed by atoms with Crippen LogP contribution in [0.1, 0.15) is 10.4 Å². The Balaban J connectivity index is 2.30. The predicted molar refractivity (Wildman–Crippen MR) is 73.9 cm³/mol. The third kappa shape index (κ3) is 3.43. The van der Waals surface area contributed by atoms with Gasteiger partial charge in [0.05, 0.1) is 10.5 Å². The summed E-state index contributed by atoms with van der Waals surface area (Å²) in [4.78, 5) is 11.9. The maximum absolute atomic E-state index is 13.5. The van der Waals surface area contributed by atoms with Crippen LogP contribution >= 0.6 is 0 Å². The van der Waals surface area contributed by atoms with E-state index in [0.717, 1.165) is 18.4 Å². The molecule has 0 aliphatic heterocycles. The Morgan fingerprint density at radius 1 is 1.10 bits per heavy atom. The van der Waals surface area contributed by atoms with Gasteiger partial charge in [-0.2, -0.15) is 0 Å². The van der Waals surface area contributed by atoms with Gasteiger partial charge in [-0.25, -0.2) is 17.2 Å². The first-order valence-electron chi connectivity index (χ1n) is 5.84. The third-order valence-electron chi connectivity index (χ3n) is 2.72. The van der Waals surface area contributed by atoms with Crippen molar-refractivity contribution in [2.45, 2.75) is 4.90 Å². The van der Waals surface area contributed by atoms with E-state index in [4.69, 9.17) is 0 Å². The minimum absolute atomic E-state index is 0.0139. The predicted octanol–water partition coefficient (Wildman–Crippen LogP) is 2.62. The maximum atomic E-state index is 13.5. The topological polar surface area (TPSA) is 63.2 Å². The van der Waals surface area contributed by atoms with Crippen molar-refractivity contribution < 1.29 is 22.0 Å². The molecule has 2 rings (SSSR count). The van der Waals surface area contributed by atoms with Gasteiger partial charge in [-0.3, -0.25) is 4.79 Å².